The van der Waals surface area contributed by atoms with Crippen molar-refractivity contribution in [1.82, 2.24) is 0 Å². The molecule has 19 heavy (non-hydrogen) atoms. The van der Waals surface area contributed by atoms with Crippen LogP contribution in [-0.2, 0) is 6.42 Å². The summed E-state index contributed by atoms with van der Waals surface area (Å²) in [6, 6.07) is 14.4. The van der Waals surface area contributed by atoms with E-state index in [1.807, 2.05) is 18.2 Å². The Balaban J connectivity index is 1.84. The number of halogens is 1. The van der Waals surface area contributed by atoms with E-state index in [1.165, 1.54) is 16.8 Å². The third-order valence-electron chi connectivity index (χ3n) is 3.66. The van der Waals surface area contributed by atoms with Crippen LogP contribution >= 0.6 is 11.6 Å². The van der Waals surface area contributed by atoms with Gasteiger partial charge >= 0.3 is 0 Å². The van der Waals surface area contributed by atoms with Gasteiger partial charge in [-0.2, -0.15) is 0 Å². The first kappa shape index (κ1) is 12.4. The Kier molecular flexibility index (Phi) is 3.34. The average molecular weight is 274 g/mol. The first-order chi connectivity index (χ1) is 9.26. The SMILES string of the molecule is COc1ccc2c(c1)NCC(c1ccc(Cl)cc1)C2. The third kappa shape index (κ3) is 2.54. The predicted molar refractivity (Wildman–Crippen MR) is 79.4 cm³/mol. The summed E-state index contributed by atoms with van der Waals surface area (Å²) in [6.45, 7) is 0.946. The highest BCUT2D eigenvalue weighted by molar-refractivity contribution is 6.30. The number of rotatable bonds is 2. The maximum Gasteiger partial charge on any atom is 0.120 e. The Morgan fingerprint density at radius 2 is 1.95 bits per heavy atom. The third-order valence-corrected chi connectivity index (χ3v) is 3.92. The molecule has 1 N–H and O–H groups in total. The van der Waals surface area contributed by atoms with E-state index in [9.17, 15) is 0 Å². The molecule has 1 aliphatic heterocycles. The van der Waals surface area contributed by atoms with Gasteiger partial charge in [0.05, 0.1) is 7.11 Å². The molecule has 1 aliphatic rings. The van der Waals surface area contributed by atoms with E-state index in [0.29, 0.717) is 5.92 Å². The highest BCUT2D eigenvalue weighted by Crippen LogP contribution is 2.33. The number of methoxy groups -OCH3 is 1. The van der Waals surface area contributed by atoms with Gasteiger partial charge in [0.25, 0.3) is 0 Å². The Morgan fingerprint density at radius 1 is 1.16 bits per heavy atom. The molecule has 0 spiro atoms. The summed E-state index contributed by atoms with van der Waals surface area (Å²) >= 11 is 5.94. The number of benzene rings is 2. The van der Waals surface area contributed by atoms with Gasteiger partial charge in [0.15, 0.2) is 0 Å². The summed E-state index contributed by atoms with van der Waals surface area (Å²) in [5.74, 6) is 1.40. The molecule has 1 heterocycles. The standard InChI is InChI=1S/C16H16ClNO/c1-19-15-7-4-12-8-13(10-18-16(12)9-15)11-2-5-14(17)6-3-11/h2-7,9,13,18H,8,10H2,1H3. The van der Waals surface area contributed by atoms with Crippen molar-refractivity contribution < 1.29 is 4.74 Å². The molecular formula is C16H16ClNO. The van der Waals surface area contributed by atoms with Crippen LogP contribution in [0.4, 0.5) is 5.69 Å². The van der Waals surface area contributed by atoms with Crippen molar-refractivity contribution in [3.8, 4) is 5.75 Å². The number of nitrogens with one attached hydrogen (secondary N) is 1. The molecule has 3 heteroatoms. The summed E-state index contributed by atoms with van der Waals surface area (Å²) in [6.07, 6.45) is 1.05. The molecule has 2 nitrogen and oxygen atoms in total. The van der Waals surface area contributed by atoms with Crippen molar-refractivity contribution in [2.24, 2.45) is 0 Å². The molecule has 1 atom stereocenters. The summed E-state index contributed by atoms with van der Waals surface area (Å²) in [7, 11) is 1.70. The molecule has 2 aromatic carbocycles. The van der Waals surface area contributed by atoms with Crippen LogP contribution in [0.1, 0.15) is 17.0 Å². The van der Waals surface area contributed by atoms with Crippen LogP contribution in [0, 0.1) is 0 Å². The van der Waals surface area contributed by atoms with Gasteiger partial charge in [-0.05, 0) is 35.7 Å². The van der Waals surface area contributed by atoms with Gasteiger partial charge in [0.1, 0.15) is 5.75 Å². The first-order valence-electron chi connectivity index (χ1n) is 6.42. The van der Waals surface area contributed by atoms with Gasteiger partial charge in [-0.1, -0.05) is 29.8 Å². The number of anilines is 1. The second-order valence-electron chi connectivity index (χ2n) is 4.86. The van der Waals surface area contributed by atoms with E-state index in [1.54, 1.807) is 7.11 Å². The largest absolute Gasteiger partial charge is 0.497 e. The molecule has 0 aromatic heterocycles. The first-order valence-corrected chi connectivity index (χ1v) is 6.80. The maximum atomic E-state index is 5.94. The summed E-state index contributed by atoms with van der Waals surface area (Å²) in [5.41, 5.74) is 3.86. The zero-order valence-corrected chi connectivity index (χ0v) is 11.6. The number of hydrogen-bond acceptors (Lipinski definition) is 2. The second-order valence-corrected chi connectivity index (χ2v) is 5.29. The smallest absolute Gasteiger partial charge is 0.120 e. The van der Waals surface area contributed by atoms with E-state index in [0.717, 1.165) is 23.7 Å². The number of hydrogen-bond donors (Lipinski definition) is 1. The van der Waals surface area contributed by atoms with Gasteiger partial charge in [0, 0.05) is 29.2 Å². The predicted octanol–water partition coefficient (Wildman–Crippen LogP) is 4.10. The van der Waals surface area contributed by atoms with Crippen molar-refractivity contribution in [2.75, 3.05) is 19.0 Å². The molecule has 0 saturated carbocycles. The lowest BCUT2D eigenvalue weighted by atomic mass is 9.88. The fourth-order valence-electron chi connectivity index (χ4n) is 2.57. The quantitative estimate of drug-likeness (QED) is 0.889. The monoisotopic (exact) mass is 273 g/mol. The molecule has 2 aromatic rings. The van der Waals surface area contributed by atoms with Gasteiger partial charge in [-0.25, -0.2) is 0 Å². The van der Waals surface area contributed by atoms with Crippen molar-refractivity contribution in [3.05, 3.63) is 58.6 Å². The Labute approximate surface area is 118 Å². The lowest BCUT2D eigenvalue weighted by molar-refractivity contribution is 0.414. The lowest BCUT2D eigenvalue weighted by Gasteiger charge is -2.27. The van der Waals surface area contributed by atoms with Crippen LogP contribution in [0.25, 0.3) is 0 Å². The van der Waals surface area contributed by atoms with E-state index in [2.05, 4.69) is 29.6 Å². The highest BCUT2D eigenvalue weighted by Gasteiger charge is 2.19. The van der Waals surface area contributed by atoms with Crippen LogP contribution in [0.3, 0.4) is 0 Å². The topological polar surface area (TPSA) is 21.3 Å². The van der Waals surface area contributed by atoms with Crippen LogP contribution in [-0.4, -0.2) is 13.7 Å². The zero-order valence-electron chi connectivity index (χ0n) is 10.8. The van der Waals surface area contributed by atoms with E-state index in [-0.39, 0.29) is 0 Å². The number of fused-ring (bicyclic) bond motifs is 1. The van der Waals surface area contributed by atoms with Gasteiger partial charge in [-0.3, -0.25) is 0 Å². The normalized spacial score (nSPS) is 17.5. The van der Waals surface area contributed by atoms with Crippen molar-refractivity contribution >= 4 is 17.3 Å². The van der Waals surface area contributed by atoms with Gasteiger partial charge in [-0.15, -0.1) is 0 Å². The molecule has 0 radical (unpaired) electrons. The minimum Gasteiger partial charge on any atom is -0.497 e. The molecule has 0 saturated heterocycles. The Hall–Kier alpha value is -1.67. The maximum absolute atomic E-state index is 5.94. The fourth-order valence-corrected chi connectivity index (χ4v) is 2.69. The van der Waals surface area contributed by atoms with Crippen LogP contribution in [0.2, 0.25) is 5.02 Å². The second kappa shape index (κ2) is 5.14. The summed E-state index contributed by atoms with van der Waals surface area (Å²) in [4.78, 5) is 0. The van der Waals surface area contributed by atoms with Gasteiger partial charge in [0.2, 0.25) is 0 Å². The minimum atomic E-state index is 0.498. The Morgan fingerprint density at radius 3 is 2.68 bits per heavy atom. The van der Waals surface area contributed by atoms with Gasteiger partial charge < -0.3 is 10.1 Å². The lowest BCUT2D eigenvalue weighted by Crippen LogP contribution is -2.21. The highest BCUT2D eigenvalue weighted by atomic mass is 35.5. The fraction of sp³-hybridized carbons (Fsp3) is 0.250. The molecular weight excluding hydrogens is 258 g/mol. The molecule has 1 unspecified atom stereocenters. The van der Waals surface area contributed by atoms with Crippen LogP contribution < -0.4 is 10.1 Å². The van der Waals surface area contributed by atoms with Crippen molar-refractivity contribution in [3.63, 3.8) is 0 Å². The van der Waals surface area contributed by atoms with Crippen molar-refractivity contribution in [1.29, 1.82) is 0 Å². The number of ether oxygens (including phenoxy) is 1. The minimum absolute atomic E-state index is 0.498. The molecule has 0 aliphatic carbocycles. The zero-order chi connectivity index (χ0) is 13.2. The van der Waals surface area contributed by atoms with E-state index < -0.39 is 0 Å². The van der Waals surface area contributed by atoms with Crippen LogP contribution in [0.15, 0.2) is 42.5 Å². The average Bonchev–Trinajstić information content (AvgIpc) is 2.47. The Bertz CT molecular complexity index is 580. The summed E-state index contributed by atoms with van der Waals surface area (Å²) in [5, 5.41) is 4.28. The molecule has 0 amide bonds. The van der Waals surface area contributed by atoms with E-state index >= 15 is 0 Å². The molecule has 0 fully saturated rings. The van der Waals surface area contributed by atoms with Crippen molar-refractivity contribution in [2.45, 2.75) is 12.3 Å². The van der Waals surface area contributed by atoms with E-state index in [4.69, 9.17) is 16.3 Å². The summed E-state index contributed by atoms with van der Waals surface area (Å²) < 4.78 is 5.25. The molecule has 3 rings (SSSR count). The van der Waals surface area contributed by atoms with Crippen LogP contribution in [0.5, 0.6) is 5.75 Å². The molecule has 98 valence electrons. The molecule has 0 bridgehead atoms.